The molecule has 1 aromatic carbocycles. The Kier molecular flexibility index (Phi) is 5.82. The second-order valence-electron chi connectivity index (χ2n) is 4.08. The van der Waals surface area contributed by atoms with Gasteiger partial charge in [-0.15, -0.1) is 0 Å². The fraction of sp³-hybridized carbons (Fsp3) is 0.462. The number of rotatable bonds is 6. The van der Waals surface area contributed by atoms with Crippen LogP contribution in [0, 0.1) is 0 Å². The molecule has 0 atom stereocenters. The molecule has 0 aliphatic carbocycles. The first kappa shape index (κ1) is 15.5. The van der Waals surface area contributed by atoms with Crippen LogP contribution in [0.25, 0.3) is 0 Å². The largest absolute Gasteiger partial charge is 0.465 e. The highest BCUT2D eigenvalue weighted by atomic mass is 19.4. The molecule has 0 spiro atoms. The van der Waals surface area contributed by atoms with Crippen LogP contribution in [0.2, 0.25) is 0 Å². The third-order valence-electron chi connectivity index (χ3n) is 2.52. The van der Waals surface area contributed by atoms with Crippen molar-refractivity contribution in [3.05, 3.63) is 35.4 Å². The summed E-state index contributed by atoms with van der Waals surface area (Å²) in [6, 6.07) is 6.73. The molecule has 1 N–H and O–H groups in total. The second-order valence-corrected chi connectivity index (χ2v) is 4.08. The molecule has 1 rings (SSSR count). The minimum atomic E-state index is -4.09. The van der Waals surface area contributed by atoms with Crippen LogP contribution in [0.1, 0.15) is 28.8 Å². The topological polar surface area (TPSA) is 38.3 Å². The molecule has 0 bridgehead atoms. The maximum atomic E-state index is 11.9. The van der Waals surface area contributed by atoms with Gasteiger partial charge in [0.25, 0.3) is 0 Å². The lowest BCUT2D eigenvalue weighted by Crippen LogP contribution is -2.17. The molecule has 0 saturated carbocycles. The highest BCUT2D eigenvalue weighted by Crippen LogP contribution is 2.20. The predicted molar refractivity (Wildman–Crippen MR) is 64.8 cm³/mol. The maximum absolute atomic E-state index is 11.9. The Labute approximate surface area is 109 Å². The van der Waals surface area contributed by atoms with Gasteiger partial charge < -0.3 is 10.1 Å². The van der Waals surface area contributed by atoms with Crippen molar-refractivity contribution in [1.29, 1.82) is 0 Å². The number of carbonyl (C=O) groups excluding carboxylic acids is 1. The summed E-state index contributed by atoms with van der Waals surface area (Å²) in [6.07, 6.45) is -4.81. The molecule has 0 saturated heterocycles. The number of hydrogen-bond acceptors (Lipinski definition) is 3. The van der Waals surface area contributed by atoms with Gasteiger partial charge in [-0.1, -0.05) is 12.1 Å². The average molecular weight is 275 g/mol. The summed E-state index contributed by atoms with van der Waals surface area (Å²) in [4.78, 5) is 11.2. The number of hydrogen-bond donors (Lipinski definition) is 1. The molecule has 0 aromatic heterocycles. The van der Waals surface area contributed by atoms with E-state index in [2.05, 4.69) is 10.1 Å². The summed E-state index contributed by atoms with van der Waals surface area (Å²) >= 11 is 0. The first-order valence-corrected chi connectivity index (χ1v) is 5.87. The molecule has 6 heteroatoms. The fourth-order valence-corrected chi connectivity index (χ4v) is 1.52. The van der Waals surface area contributed by atoms with Crippen LogP contribution >= 0.6 is 0 Å². The minimum absolute atomic E-state index is 0.0593. The Bertz CT molecular complexity index is 401. The number of esters is 1. The summed E-state index contributed by atoms with van der Waals surface area (Å²) in [7, 11) is 1.30. The van der Waals surface area contributed by atoms with Crippen molar-refractivity contribution in [2.75, 3.05) is 13.7 Å². The highest BCUT2D eigenvalue weighted by molar-refractivity contribution is 5.89. The van der Waals surface area contributed by atoms with Crippen molar-refractivity contribution in [1.82, 2.24) is 5.32 Å². The molecule has 0 aliphatic rings. The van der Waals surface area contributed by atoms with E-state index in [4.69, 9.17) is 0 Å². The number of methoxy groups -OCH3 is 1. The number of halogens is 3. The lowest BCUT2D eigenvalue weighted by Gasteiger charge is -2.07. The number of nitrogens with one attached hydrogen (secondary N) is 1. The van der Waals surface area contributed by atoms with Crippen LogP contribution in [0.5, 0.6) is 0 Å². The zero-order valence-corrected chi connectivity index (χ0v) is 10.6. The zero-order valence-electron chi connectivity index (χ0n) is 10.6. The van der Waals surface area contributed by atoms with Crippen LogP contribution < -0.4 is 5.32 Å². The van der Waals surface area contributed by atoms with E-state index < -0.39 is 18.6 Å². The van der Waals surface area contributed by atoms with Gasteiger partial charge in [-0.05, 0) is 30.7 Å². The Balaban J connectivity index is 2.29. The van der Waals surface area contributed by atoms with E-state index >= 15 is 0 Å². The van der Waals surface area contributed by atoms with Crippen LogP contribution in [0.15, 0.2) is 24.3 Å². The van der Waals surface area contributed by atoms with E-state index in [-0.39, 0.29) is 6.42 Å². The molecule has 3 nitrogen and oxygen atoms in total. The van der Waals surface area contributed by atoms with Crippen LogP contribution in [0.3, 0.4) is 0 Å². The van der Waals surface area contributed by atoms with Crippen molar-refractivity contribution < 1.29 is 22.7 Å². The fourth-order valence-electron chi connectivity index (χ4n) is 1.52. The first-order valence-electron chi connectivity index (χ1n) is 5.87. The van der Waals surface area contributed by atoms with Gasteiger partial charge in [-0.25, -0.2) is 4.79 Å². The molecule has 106 valence electrons. The minimum Gasteiger partial charge on any atom is -0.465 e. The Hall–Kier alpha value is -1.56. The molecular formula is C13H16F3NO2. The Morgan fingerprint density at radius 1 is 1.26 bits per heavy atom. The smallest absolute Gasteiger partial charge is 0.389 e. The number of alkyl halides is 3. The van der Waals surface area contributed by atoms with Gasteiger partial charge in [0.15, 0.2) is 0 Å². The van der Waals surface area contributed by atoms with Gasteiger partial charge in [0, 0.05) is 13.0 Å². The van der Waals surface area contributed by atoms with Gasteiger partial charge in [0.05, 0.1) is 12.7 Å². The summed E-state index contributed by atoms with van der Waals surface area (Å²) in [5.41, 5.74) is 1.35. The van der Waals surface area contributed by atoms with Gasteiger partial charge >= 0.3 is 12.1 Å². The van der Waals surface area contributed by atoms with Crippen molar-refractivity contribution in [3.63, 3.8) is 0 Å². The van der Waals surface area contributed by atoms with E-state index in [1.165, 1.54) is 7.11 Å². The second kappa shape index (κ2) is 7.13. The van der Waals surface area contributed by atoms with Crippen molar-refractivity contribution in [3.8, 4) is 0 Å². The normalized spacial score (nSPS) is 11.4. The molecule has 19 heavy (non-hydrogen) atoms. The maximum Gasteiger partial charge on any atom is 0.389 e. The third-order valence-corrected chi connectivity index (χ3v) is 2.52. The van der Waals surface area contributed by atoms with E-state index in [1.807, 2.05) is 0 Å². The van der Waals surface area contributed by atoms with Gasteiger partial charge in [0.1, 0.15) is 0 Å². The van der Waals surface area contributed by atoms with E-state index in [0.29, 0.717) is 18.7 Å². The Morgan fingerprint density at radius 3 is 2.42 bits per heavy atom. The van der Waals surface area contributed by atoms with Crippen LogP contribution in [0.4, 0.5) is 13.2 Å². The summed E-state index contributed by atoms with van der Waals surface area (Å²) in [5, 5.41) is 2.92. The van der Waals surface area contributed by atoms with Crippen molar-refractivity contribution >= 4 is 5.97 Å². The van der Waals surface area contributed by atoms with Gasteiger partial charge in [-0.2, -0.15) is 13.2 Å². The summed E-state index contributed by atoms with van der Waals surface area (Å²) in [5.74, 6) is -0.412. The molecule has 0 radical (unpaired) electrons. The SMILES string of the molecule is COC(=O)c1ccc(CNCCCC(F)(F)F)cc1. The van der Waals surface area contributed by atoms with Gasteiger partial charge in [-0.3, -0.25) is 0 Å². The van der Waals surface area contributed by atoms with Crippen LogP contribution in [-0.4, -0.2) is 25.8 Å². The lowest BCUT2D eigenvalue weighted by atomic mass is 10.1. The lowest BCUT2D eigenvalue weighted by molar-refractivity contribution is -0.135. The molecule has 1 aromatic rings. The highest BCUT2D eigenvalue weighted by Gasteiger charge is 2.25. The van der Waals surface area contributed by atoms with E-state index in [1.54, 1.807) is 24.3 Å². The summed E-state index contributed by atoms with van der Waals surface area (Å²) < 4.78 is 40.2. The molecule has 0 aliphatic heterocycles. The predicted octanol–water partition coefficient (Wildman–Crippen LogP) is 2.91. The molecule has 0 amide bonds. The third kappa shape index (κ3) is 6.24. The quantitative estimate of drug-likeness (QED) is 0.641. The van der Waals surface area contributed by atoms with Gasteiger partial charge in [0.2, 0.25) is 0 Å². The molecule has 0 unspecified atom stereocenters. The molecule has 0 fully saturated rings. The summed E-state index contributed by atoms with van der Waals surface area (Å²) in [6.45, 7) is 0.775. The first-order chi connectivity index (χ1) is 8.92. The Morgan fingerprint density at radius 2 is 1.89 bits per heavy atom. The molecule has 0 heterocycles. The number of carbonyl (C=O) groups is 1. The van der Waals surface area contributed by atoms with E-state index in [9.17, 15) is 18.0 Å². The average Bonchev–Trinajstić information content (AvgIpc) is 2.37. The van der Waals surface area contributed by atoms with Crippen LogP contribution in [-0.2, 0) is 11.3 Å². The van der Waals surface area contributed by atoms with E-state index in [0.717, 1.165) is 5.56 Å². The van der Waals surface area contributed by atoms with Crippen molar-refractivity contribution in [2.45, 2.75) is 25.6 Å². The molecular weight excluding hydrogens is 259 g/mol. The standard InChI is InChI=1S/C13H16F3NO2/c1-19-12(18)11-5-3-10(4-6-11)9-17-8-2-7-13(14,15)16/h3-6,17H,2,7-9H2,1H3. The monoisotopic (exact) mass is 275 g/mol. The number of ether oxygens (including phenoxy) is 1. The number of benzene rings is 1. The van der Waals surface area contributed by atoms with Crippen molar-refractivity contribution in [2.24, 2.45) is 0 Å². The zero-order chi connectivity index (χ0) is 14.3.